The highest BCUT2D eigenvalue weighted by Gasteiger charge is 2.10. The molecule has 0 amide bonds. The molecule has 1 aromatic carbocycles. The highest BCUT2D eigenvalue weighted by atomic mass is 79.9. The van der Waals surface area contributed by atoms with Crippen molar-refractivity contribution in [2.45, 2.75) is 19.9 Å². The van der Waals surface area contributed by atoms with E-state index in [1.807, 2.05) is 37.3 Å². The summed E-state index contributed by atoms with van der Waals surface area (Å²) < 4.78 is 11.8. The van der Waals surface area contributed by atoms with E-state index in [0.29, 0.717) is 0 Å². The molecule has 1 atom stereocenters. The Morgan fingerprint density at radius 1 is 1.28 bits per heavy atom. The molecule has 0 aliphatic carbocycles. The third-order valence-electron chi connectivity index (χ3n) is 2.68. The van der Waals surface area contributed by atoms with Gasteiger partial charge in [-0.05, 0) is 38.1 Å². The molecule has 1 heterocycles. The first-order valence-electron chi connectivity index (χ1n) is 5.76. The maximum absolute atomic E-state index is 5.60. The van der Waals surface area contributed by atoms with Gasteiger partial charge in [-0.15, -0.1) is 0 Å². The molecule has 96 valence electrons. The lowest BCUT2D eigenvalue weighted by atomic mass is 10.2. The Morgan fingerprint density at radius 2 is 2.06 bits per heavy atom. The van der Waals surface area contributed by atoms with Crippen molar-refractivity contribution in [1.29, 1.82) is 0 Å². The van der Waals surface area contributed by atoms with Gasteiger partial charge in [0, 0.05) is 16.2 Å². The number of halogens is 1. The first kappa shape index (κ1) is 13.0. The van der Waals surface area contributed by atoms with Crippen LogP contribution in [0, 0.1) is 6.92 Å². The van der Waals surface area contributed by atoms with Crippen LogP contribution in [0.25, 0.3) is 0 Å². The number of nitrogens with one attached hydrogen (secondary N) is 1. The number of benzene rings is 1. The Bertz CT molecular complexity index is 536. The van der Waals surface area contributed by atoms with Crippen LogP contribution in [0.15, 0.2) is 39.2 Å². The predicted octanol–water partition coefficient (Wildman–Crippen LogP) is 4.53. The van der Waals surface area contributed by atoms with Crippen molar-refractivity contribution in [2.24, 2.45) is 0 Å². The molecule has 1 aromatic heterocycles. The SMILES string of the molecule is COc1cc(Br)cc(NC(C)c2ccc(C)o2)c1. The monoisotopic (exact) mass is 309 g/mol. The van der Waals surface area contributed by atoms with E-state index >= 15 is 0 Å². The standard InChI is InChI=1S/C14H16BrNO2/c1-9-4-5-14(18-9)10(2)16-12-6-11(15)7-13(8-12)17-3/h4-8,10,16H,1-3H3. The number of furan rings is 1. The van der Waals surface area contributed by atoms with Crippen LogP contribution < -0.4 is 10.1 Å². The fourth-order valence-electron chi connectivity index (χ4n) is 1.77. The van der Waals surface area contributed by atoms with Crippen LogP contribution in [0.2, 0.25) is 0 Å². The van der Waals surface area contributed by atoms with Gasteiger partial charge in [-0.2, -0.15) is 0 Å². The van der Waals surface area contributed by atoms with E-state index in [2.05, 4.69) is 28.2 Å². The molecule has 0 spiro atoms. The van der Waals surface area contributed by atoms with Crippen molar-refractivity contribution in [3.63, 3.8) is 0 Å². The molecule has 3 nitrogen and oxygen atoms in total. The van der Waals surface area contributed by atoms with Crippen LogP contribution >= 0.6 is 15.9 Å². The molecule has 2 aromatic rings. The van der Waals surface area contributed by atoms with Crippen LogP contribution in [0.1, 0.15) is 24.5 Å². The molecule has 0 radical (unpaired) electrons. The van der Waals surface area contributed by atoms with Crippen molar-refractivity contribution in [3.8, 4) is 5.75 Å². The number of hydrogen-bond donors (Lipinski definition) is 1. The number of hydrogen-bond acceptors (Lipinski definition) is 3. The lowest BCUT2D eigenvalue weighted by Crippen LogP contribution is -2.05. The van der Waals surface area contributed by atoms with E-state index in [1.54, 1.807) is 7.11 Å². The smallest absolute Gasteiger partial charge is 0.126 e. The van der Waals surface area contributed by atoms with Crippen LogP contribution in [-0.4, -0.2) is 7.11 Å². The summed E-state index contributed by atoms with van der Waals surface area (Å²) in [5.41, 5.74) is 0.989. The molecule has 4 heteroatoms. The van der Waals surface area contributed by atoms with E-state index in [9.17, 15) is 0 Å². The van der Waals surface area contributed by atoms with Crippen LogP contribution in [0.3, 0.4) is 0 Å². The Labute approximate surface area is 115 Å². The third-order valence-corrected chi connectivity index (χ3v) is 3.14. The predicted molar refractivity (Wildman–Crippen MR) is 76.2 cm³/mol. The van der Waals surface area contributed by atoms with E-state index in [1.165, 1.54) is 0 Å². The van der Waals surface area contributed by atoms with Crippen molar-refractivity contribution < 1.29 is 9.15 Å². The first-order valence-corrected chi connectivity index (χ1v) is 6.55. The van der Waals surface area contributed by atoms with E-state index in [4.69, 9.17) is 9.15 Å². The molecule has 1 unspecified atom stereocenters. The zero-order valence-corrected chi connectivity index (χ0v) is 12.2. The number of ether oxygens (including phenoxy) is 1. The minimum Gasteiger partial charge on any atom is -0.497 e. The Kier molecular flexibility index (Phi) is 3.97. The van der Waals surface area contributed by atoms with Gasteiger partial charge in [0.25, 0.3) is 0 Å². The summed E-state index contributed by atoms with van der Waals surface area (Å²) in [5, 5.41) is 3.38. The summed E-state index contributed by atoms with van der Waals surface area (Å²) in [5.74, 6) is 2.66. The number of rotatable bonds is 4. The summed E-state index contributed by atoms with van der Waals surface area (Å²) in [4.78, 5) is 0. The lowest BCUT2D eigenvalue weighted by molar-refractivity contribution is 0.414. The van der Waals surface area contributed by atoms with E-state index in [-0.39, 0.29) is 6.04 Å². The maximum atomic E-state index is 5.60. The topological polar surface area (TPSA) is 34.4 Å². The summed E-state index contributed by atoms with van der Waals surface area (Å²) in [6.45, 7) is 4.00. The van der Waals surface area contributed by atoms with Crippen LogP contribution in [0.4, 0.5) is 5.69 Å². The van der Waals surface area contributed by atoms with Gasteiger partial charge in [0.2, 0.25) is 0 Å². The molecule has 0 aliphatic rings. The zero-order valence-electron chi connectivity index (χ0n) is 10.7. The van der Waals surface area contributed by atoms with Gasteiger partial charge in [0.15, 0.2) is 0 Å². The molecule has 2 rings (SSSR count). The number of methoxy groups -OCH3 is 1. The quantitative estimate of drug-likeness (QED) is 0.901. The molecule has 0 fully saturated rings. The highest BCUT2D eigenvalue weighted by Crippen LogP contribution is 2.27. The summed E-state index contributed by atoms with van der Waals surface area (Å²) in [6.07, 6.45) is 0. The molecule has 0 bridgehead atoms. The normalized spacial score (nSPS) is 12.2. The lowest BCUT2D eigenvalue weighted by Gasteiger charge is -2.14. The van der Waals surface area contributed by atoms with E-state index < -0.39 is 0 Å². The van der Waals surface area contributed by atoms with Crippen molar-refractivity contribution in [1.82, 2.24) is 0 Å². The van der Waals surface area contributed by atoms with Crippen molar-refractivity contribution in [2.75, 3.05) is 12.4 Å². The second-order valence-corrected chi connectivity index (χ2v) is 5.11. The second kappa shape index (κ2) is 5.48. The average Bonchev–Trinajstić information content (AvgIpc) is 2.75. The fraction of sp³-hybridized carbons (Fsp3) is 0.286. The Hall–Kier alpha value is -1.42. The summed E-state index contributed by atoms with van der Waals surface area (Å²) in [6, 6.07) is 9.95. The average molecular weight is 310 g/mol. The molecule has 0 saturated carbocycles. The number of anilines is 1. The van der Waals surface area contributed by atoms with Crippen molar-refractivity contribution >= 4 is 21.6 Å². The highest BCUT2D eigenvalue weighted by molar-refractivity contribution is 9.10. The molecule has 18 heavy (non-hydrogen) atoms. The summed E-state index contributed by atoms with van der Waals surface area (Å²) in [7, 11) is 1.66. The zero-order chi connectivity index (χ0) is 13.1. The van der Waals surface area contributed by atoms with Gasteiger partial charge < -0.3 is 14.5 Å². The molecule has 0 saturated heterocycles. The largest absolute Gasteiger partial charge is 0.497 e. The Balaban J connectivity index is 2.16. The minimum absolute atomic E-state index is 0.109. The van der Waals surface area contributed by atoms with Gasteiger partial charge >= 0.3 is 0 Å². The summed E-state index contributed by atoms with van der Waals surface area (Å²) >= 11 is 3.46. The third kappa shape index (κ3) is 3.07. The molecular formula is C14H16BrNO2. The van der Waals surface area contributed by atoms with Crippen LogP contribution in [0.5, 0.6) is 5.75 Å². The van der Waals surface area contributed by atoms with Gasteiger partial charge in [-0.1, -0.05) is 15.9 Å². The Morgan fingerprint density at radius 3 is 2.67 bits per heavy atom. The van der Waals surface area contributed by atoms with E-state index in [0.717, 1.165) is 27.4 Å². The van der Waals surface area contributed by atoms with Crippen LogP contribution in [-0.2, 0) is 0 Å². The molecule has 1 N–H and O–H groups in total. The van der Waals surface area contributed by atoms with Gasteiger partial charge in [-0.3, -0.25) is 0 Å². The maximum Gasteiger partial charge on any atom is 0.126 e. The number of aryl methyl sites for hydroxylation is 1. The fourth-order valence-corrected chi connectivity index (χ4v) is 2.24. The molecule has 0 aliphatic heterocycles. The van der Waals surface area contributed by atoms with Gasteiger partial charge in [-0.25, -0.2) is 0 Å². The molecular weight excluding hydrogens is 294 g/mol. The van der Waals surface area contributed by atoms with Gasteiger partial charge in [0.1, 0.15) is 17.3 Å². The second-order valence-electron chi connectivity index (χ2n) is 4.19. The van der Waals surface area contributed by atoms with Crippen molar-refractivity contribution in [3.05, 3.63) is 46.3 Å². The first-order chi connectivity index (χ1) is 8.58. The minimum atomic E-state index is 0.109. The van der Waals surface area contributed by atoms with Gasteiger partial charge in [0.05, 0.1) is 13.2 Å².